The minimum Gasteiger partial charge on any atom is -0.372 e. The standard InChI is InChI=1S/C11H10BrClN4O2S/c1-14-11-9(13)5-7(6-16-11)20(18,19)17-10-8(12)3-2-4-15-10/h2-6H,1H3,(H,14,16)(H,15,17). The molecule has 2 aromatic heterocycles. The predicted octanol–water partition coefficient (Wildman–Crippen LogP) is 2.74. The number of halogens is 2. The Kier molecular flexibility index (Phi) is 4.46. The Hall–Kier alpha value is -1.38. The van der Waals surface area contributed by atoms with Crippen molar-refractivity contribution in [2.75, 3.05) is 17.1 Å². The first kappa shape index (κ1) is 15.0. The Morgan fingerprint density at radius 1 is 1.30 bits per heavy atom. The molecule has 20 heavy (non-hydrogen) atoms. The molecule has 0 spiro atoms. The quantitative estimate of drug-likeness (QED) is 0.856. The number of rotatable bonds is 4. The van der Waals surface area contributed by atoms with E-state index in [0.717, 1.165) is 0 Å². The first-order chi connectivity index (χ1) is 9.44. The lowest BCUT2D eigenvalue weighted by molar-refractivity contribution is 0.600. The molecule has 0 bridgehead atoms. The number of anilines is 2. The van der Waals surface area contributed by atoms with E-state index in [2.05, 4.69) is 35.9 Å². The first-order valence-corrected chi connectivity index (χ1v) is 8.06. The molecule has 9 heteroatoms. The smallest absolute Gasteiger partial charge is 0.264 e. The summed E-state index contributed by atoms with van der Waals surface area (Å²) in [5, 5.41) is 2.97. The number of hydrogen-bond acceptors (Lipinski definition) is 5. The van der Waals surface area contributed by atoms with Gasteiger partial charge in [0.05, 0.1) is 9.50 Å². The second-order valence-corrected chi connectivity index (χ2v) is 6.63. The van der Waals surface area contributed by atoms with E-state index in [9.17, 15) is 8.42 Å². The topological polar surface area (TPSA) is 84.0 Å². The Balaban J connectivity index is 2.36. The van der Waals surface area contributed by atoms with E-state index >= 15 is 0 Å². The monoisotopic (exact) mass is 376 g/mol. The van der Waals surface area contributed by atoms with Gasteiger partial charge < -0.3 is 5.32 Å². The van der Waals surface area contributed by atoms with Crippen molar-refractivity contribution in [1.29, 1.82) is 0 Å². The van der Waals surface area contributed by atoms with E-state index in [1.165, 1.54) is 18.5 Å². The van der Waals surface area contributed by atoms with Crippen molar-refractivity contribution < 1.29 is 8.42 Å². The van der Waals surface area contributed by atoms with Crippen LogP contribution in [-0.4, -0.2) is 25.4 Å². The summed E-state index contributed by atoms with van der Waals surface area (Å²) in [6.45, 7) is 0. The van der Waals surface area contributed by atoms with Crippen LogP contribution in [0.4, 0.5) is 11.6 Å². The van der Waals surface area contributed by atoms with Gasteiger partial charge in [0.25, 0.3) is 10.0 Å². The Labute approximate surface area is 129 Å². The fourth-order valence-electron chi connectivity index (χ4n) is 1.40. The van der Waals surface area contributed by atoms with Crippen LogP contribution in [-0.2, 0) is 10.0 Å². The molecule has 0 aliphatic rings. The molecule has 0 radical (unpaired) electrons. The van der Waals surface area contributed by atoms with E-state index in [1.807, 2.05) is 0 Å². The molecule has 0 unspecified atom stereocenters. The van der Waals surface area contributed by atoms with Crippen molar-refractivity contribution in [3.05, 3.63) is 40.1 Å². The van der Waals surface area contributed by atoms with Gasteiger partial charge in [-0.2, -0.15) is 0 Å². The molecule has 2 N–H and O–H groups in total. The number of aromatic nitrogens is 2. The molecule has 2 aromatic rings. The van der Waals surface area contributed by atoms with Crippen LogP contribution in [0.15, 0.2) is 40.0 Å². The van der Waals surface area contributed by atoms with E-state index in [1.54, 1.807) is 19.2 Å². The molecule has 6 nitrogen and oxygen atoms in total. The van der Waals surface area contributed by atoms with Gasteiger partial charge in [-0.3, -0.25) is 4.72 Å². The molecule has 0 atom stereocenters. The normalized spacial score (nSPS) is 11.2. The van der Waals surface area contributed by atoms with Gasteiger partial charge in [0.1, 0.15) is 10.7 Å². The third kappa shape index (κ3) is 3.20. The molecular weight excluding hydrogens is 368 g/mol. The van der Waals surface area contributed by atoms with Crippen LogP contribution < -0.4 is 10.0 Å². The largest absolute Gasteiger partial charge is 0.372 e. The van der Waals surface area contributed by atoms with Gasteiger partial charge in [-0.1, -0.05) is 11.6 Å². The van der Waals surface area contributed by atoms with Gasteiger partial charge in [0.2, 0.25) is 0 Å². The molecule has 106 valence electrons. The van der Waals surface area contributed by atoms with Crippen LogP contribution in [0, 0.1) is 0 Å². The molecule has 0 saturated carbocycles. The SMILES string of the molecule is CNc1ncc(S(=O)(=O)Nc2ncccc2Br)cc1Cl. The van der Waals surface area contributed by atoms with Gasteiger partial charge in [-0.05, 0) is 34.1 Å². The molecule has 0 aliphatic heterocycles. The van der Waals surface area contributed by atoms with Gasteiger partial charge in [0, 0.05) is 19.4 Å². The molecular formula is C11H10BrClN4O2S. The molecule has 0 aromatic carbocycles. The average Bonchev–Trinajstić information content (AvgIpc) is 2.41. The highest BCUT2D eigenvalue weighted by Gasteiger charge is 2.18. The molecule has 0 saturated heterocycles. The maximum Gasteiger partial charge on any atom is 0.264 e. The zero-order valence-electron chi connectivity index (χ0n) is 10.3. The number of pyridine rings is 2. The molecule has 0 fully saturated rings. The molecule has 0 amide bonds. The third-order valence-corrected chi connectivity index (χ3v) is 4.59. The summed E-state index contributed by atoms with van der Waals surface area (Å²) in [6, 6.07) is 4.68. The van der Waals surface area contributed by atoms with Crippen LogP contribution in [0.1, 0.15) is 0 Å². The summed E-state index contributed by atoms with van der Waals surface area (Å²) in [6.07, 6.45) is 2.70. The Morgan fingerprint density at radius 3 is 2.65 bits per heavy atom. The maximum absolute atomic E-state index is 12.2. The molecule has 2 heterocycles. The van der Waals surface area contributed by atoms with Gasteiger partial charge in [0.15, 0.2) is 5.82 Å². The van der Waals surface area contributed by atoms with E-state index in [-0.39, 0.29) is 15.7 Å². The van der Waals surface area contributed by atoms with E-state index < -0.39 is 10.0 Å². The minimum absolute atomic E-state index is 0.0425. The summed E-state index contributed by atoms with van der Waals surface area (Å²) in [4.78, 5) is 7.83. The lowest BCUT2D eigenvalue weighted by Gasteiger charge is -2.09. The van der Waals surface area contributed by atoms with E-state index in [0.29, 0.717) is 10.3 Å². The predicted molar refractivity (Wildman–Crippen MR) is 81.5 cm³/mol. The highest BCUT2D eigenvalue weighted by atomic mass is 79.9. The second-order valence-electron chi connectivity index (χ2n) is 3.69. The number of hydrogen-bond donors (Lipinski definition) is 2. The highest BCUT2D eigenvalue weighted by Crippen LogP contribution is 2.25. The van der Waals surface area contributed by atoms with Crippen LogP contribution >= 0.6 is 27.5 Å². The summed E-state index contributed by atoms with van der Waals surface area (Å²) in [7, 11) is -2.16. The van der Waals surface area contributed by atoms with Gasteiger partial charge in [-0.15, -0.1) is 0 Å². The third-order valence-electron chi connectivity index (χ3n) is 2.35. The van der Waals surface area contributed by atoms with Crippen molar-refractivity contribution in [2.45, 2.75) is 4.90 Å². The Bertz CT molecular complexity index is 739. The fraction of sp³-hybridized carbons (Fsp3) is 0.0909. The van der Waals surface area contributed by atoms with Gasteiger partial charge >= 0.3 is 0 Å². The van der Waals surface area contributed by atoms with Crippen molar-refractivity contribution in [2.24, 2.45) is 0 Å². The first-order valence-electron chi connectivity index (χ1n) is 5.40. The lowest BCUT2D eigenvalue weighted by Crippen LogP contribution is -2.14. The maximum atomic E-state index is 12.2. The number of nitrogens with zero attached hydrogens (tertiary/aromatic N) is 2. The average molecular weight is 378 g/mol. The highest BCUT2D eigenvalue weighted by molar-refractivity contribution is 9.10. The zero-order chi connectivity index (χ0) is 14.8. The van der Waals surface area contributed by atoms with Crippen LogP contribution in [0.5, 0.6) is 0 Å². The zero-order valence-corrected chi connectivity index (χ0v) is 13.4. The van der Waals surface area contributed by atoms with Crippen molar-refractivity contribution in [3.63, 3.8) is 0 Å². The number of nitrogens with one attached hydrogen (secondary N) is 2. The van der Waals surface area contributed by atoms with Crippen molar-refractivity contribution >= 4 is 49.2 Å². The van der Waals surface area contributed by atoms with Crippen LogP contribution in [0.25, 0.3) is 0 Å². The summed E-state index contributed by atoms with van der Waals surface area (Å²) < 4.78 is 27.3. The fourth-order valence-corrected chi connectivity index (χ4v) is 3.21. The van der Waals surface area contributed by atoms with Crippen LogP contribution in [0.2, 0.25) is 5.02 Å². The number of sulfonamides is 1. The van der Waals surface area contributed by atoms with Crippen molar-refractivity contribution in [1.82, 2.24) is 9.97 Å². The minimum atomic E-state index is -3.80. The van der Waals surface area contributed by atoms with Crippen LogP contribution in [0.3, 0.4) is 0 Å². The molecule has 0 aliphatic carbocycles. The molecule has 2 rings (SSSR count). The summed E-state index contributed by atoms with van der Waals surface area (Å²) in [5.41, 5.74) is 0. The summed E-state index contributed by atoms with van der Waals surface area (Å²) in [5.74, 6) is 0.603. The van der Waals surface area contributed by atoms with Gasteiger partial charge in [-0.25, -0.2) is 18.4 Å². The lowest BCUT2D eigenvalue weighted by atomic mass is 10.4. The second kappa shape index (κ2) is 5.94. The summed E-state index contributed by atoms with van der Waals surface area (Å²) >= 11 is 9.15. The van der Waals surface area contributed by atoms with Crippen molar-refractivity contribution in [3.8, 4) is 0 Å². The Morgan fingerprint density at radius 2 is 2.05 bits per heavy atom. The van der Waals surface area contributed by atoms with E-state index in [4.69, 9.17) is 11.6 Å².